The average Bonchev–Trinajstić information content (AvgIpc) is 2.44. The lowest BCUT2D eigenvalue weighted by Gasteiger charge is -2.29. The van der Waals surface area contributed by atoms with Gasteiger partial charge in [0.2, 0.25) is 0 Å². The molecule has 102 valence electrons. The quantitative estimate of drug-likeness (QED) is 0.911. The van der Waals surface area contributed by atoms with Gasteiger partial charge in [-0.15, -0.1) is 0 Å². The van der Waals surface area contributed by atoms with E-state index in [-0.39, 0.29) is 18.3 Å². The first-order valence-corrected chi connectivity index (χ1v) is 6.45. The molecule has 1 aliphatic rings. The third-order valence-corrected chi connectivity index (χ3v) is 3.35. The Kier molecular flexibility index (Phi) is 3.06. The highest BCUT2D eigenvalue weighted by molar-refractivity contribution is 5.97. The summed E-state index contributed by atoms with van der Waals surface area (Å²) in [4.78, 5) is 13.7. The van der Waals surface area contributed by atoms with Gasteiger partial charge in [0.15, 0.2) is 6.61 Å². The molecular formula is C16H15NO3. The molecule has 0 atom stereocenters. The Morgan fingerprint density at radius 2 is 1.95 bits per heavy atom. The molecule has 2 aromatic carbocycles. The van der Waals surface area contributed by atoms with E-state index >= 15 is 0 Å². The fourth-order valence-corrected chi connectivity index (χ4v) is 2.24. The lowest BCUT2D eigenvalue weighted by Crippen LogP contribution is -2.38. The molecule has 1 N–H and O–H groups in total. The molecule has 0 saturated heterocycles. The Bertz CT molecular complexity index is 649. The standard InChI is InChI=1S/C16H15NO3/c1-11-2-4-12(5-3-11)9-17-14-8-13(18)6-7-15(14)20-10-16(17)19/h2-8,18H,9-10H2,1H3. The van der Waals surface area contributed by atoms with Crippen molar-refractivity contribution in [2.75, 3.05) is 11.5 Å². The third kappa shape index (κ3) is 2.32. The second-order valence-electron chi connectivity index (χ2n) is 4.91. The number of phenols is 1. The number of carbonyl (C=O) groups is 1. The fraction of sp³-hybridized carbons (Fsp3) is 0.188. The van der Waals surface area contributed by atoms with Crippen LogP contribution in [0.5, 0.6) is 11.5 Å². The molecule has 0 saturated carbocycles. The van der Waals surface area contributed by atoms with Gasteiger partial charge in [-0.05, 0) is 24.6 Å². The molecule has 3 rings (SSSR count). The Hall–Kier alpha value is -2.49. The molecule has 0 aromatic heterocycles. The lowest BCUT2D eigenvalue weighted by atomic mass is 10.1. The van der Waals surface area contributed by atoms with Crippen LogP contribution in [-0.4, -0.2) is 17.6 Å². The van der Waals surface area contributed by atoms with E-state index in [4.69, 9.17) is 4.74 Å². The van der Waals surface area contributed by atoms with Crippen molar-refractivity contribution in [1.29, 1.82) is 0 Å². The molecular weight excluding hydrogens is 254 g/mol. The minimum atomic E-state index is -0.108. The van der Waals surface area contributed by atoms with E-state index in [0.29, 0.717) is 18.0 Å². The van der Waals surface area contributed by atoms with Gasteiger partial charge < -0.3 is 14.7 Å². The Morgan fingerprint density at radius 3 is 2.70 bits per heavy atom. The zero-order valence-electron chi connectivity index (χ0n) is 11.2. The zero-order chi connectivity index (χ0) is 14.1. The van der Waals surface area contributed by atoms with Gasteiger partial charge in [-0.25, -0.2) is 0 Å². The van der Waals surface area contributed by atoms with Gasteiger partial charge in [-0.3, -0.25) is 4.79 Å². The summed E-state index contributed by atoms with van der Waals surface area (Å²) >= 11 is 0. The number of benzene rings is 2. The summed E-state index contributed by atoms with van der Waals surface area (Å²) in [6.07, 6.45) is 0. The first-order valence-electron chi connectivity index (χ1n) is 6.45. The number of nitrogens with zero attached hydrogens (tertiary/aromatic N) is 1. The molecule has 1 amide bonds. The van der Waals surface area contributed by atoms with Gasteiger partial charge in [0.1, 0.15) is 11.5 Å². The Morgan fingerprint density at radius 1 is 1.20 bits per heavy atom. The molecule has 4 nitrogen and oxygen atoms in total. The lowest BCUT2D eigenvalue weighted by molar-refractivity contribution is -0.121. The number of aryl methyl sites for hydroxylation is 1. The van der Waals surface area contributed by atoms with Crippen molar-refractivity contribution in [1.82, 2.24) is 0 Å². The van der Waals surface area contributed by atoms with Crippen LogP contribution in [0.15, 0.2) is 42.5 Å². The molecule has 0 fully saturated rings. The third-order valence-electron chi connectivity index (χ3n) is 3.35. The minimum absolute atomic E-state index is 0.0314. The molecule has 0 unspecified atom stereocenters. The number of fused-ring (bicyclic) bond motifs is 1. The number of rotatable bonds is 2. The first kappa shape index (κ1) is 12.5. The smallest absolute Gasteiger partial charge is 0.265 e. The Balaban J connectivity index is 1.94. The largest absolute Gasteiger partial charge is 0.508 e. The van der Waals surface area contributed by atoms with E-state index in [1.165, 1.54) is 5.56 Å². The van der Waals surface area contributed by atoms with Crippen molar-refractivity contribution in [3.63, 3.8) is 0 Å². The number of aromatic hydroxyl groups is 1. The van der Waals surface area contributed by atoms with Crippen molar-refractivity contribution in [2.45, 2.75) is 13.5 Å². The number of anilines is 1. The molecule has 0 aliphatic carbocycles. The molecule has 4 heteroatoms. The van der Waals surface area contributed by atoms with Crippen LogP contribution in [0, 0.1) is 6.92 Å². The predicted molar refractivity (Wildman–Crippen MR) is 76.0 cm³/mol. The number of phenolic OH excluding ortho intramolecular Hbond substituents is 1. The van der Waals surface area contributed by atoms with Crippen LogP contribution in [0.25, 0.3) is 0 Å². The predicted octanol–water partition coefficient (Wildman–Crippen LogP) is 2.63. The number of carbonyl (C=O) groups excluding carboxylic acids is 1. The number of hydrogen-bond acceptors (Lipinski definition) is 3. The molecule has 1 aliphatic heterocycles. The Labute approximate surface area is 117 Å². The van der Waals surface area contributed by atoms with Crippen molar-refractivity contribution in [3.05, 3.63) is 53.6 Å². The second-order valence-corrected chi connectivity index (χ2v) is 4.91. The SMILES string of the molecule is Cc1ccc(CN2C(=O)COc3ccc(O)cc32)cc1. The van der Waals surface area contributed by atoms with Crippen LogP contribution in [-0.2, 0) is 11.3 Å². The van der Waals surface area contributed by atoms with E-state index in [2.05, 4.69) is 0 Å². The van der Waals surface area contributed by atoms with Crippen molar-refractivity contribution >= 4 is 11.6 Å². The average molecular weight is 269 g/mol. The molecule has 20 heavy (non-hydrogen) atoms. The van der Waals surface area contributed by atoms with Crippen LogP contribution >= 0.6 is 0 Å². The topological polar surface area (TPSA) is 49.8 Å². The molecule has 2 aromatic rings. The highest BCUT2D eigenvalue weighted by Gasteiger charge is 2.25. The molecule has 0 radical (unpaired) electrons. The van der Waals surface area contributed by atoms with Crippen molar-refractivity contribution in [2.24, 2.45) is 0 Å². The maximum atomic E-state index is 12.1. The van der Waals surface area contributed by atoms with Gasteiger partial charge in [-0.2, -0.15) is 0 Å². The van der Waals surface area contributed by atoms with Crippen molar-refractivity contribution < 1.29 is 14.6 Å². The number of hydrogen-bond donors (Lipinski definition) is 1. The van der Waals surface area contributed by atoms with Gasteiger partial charge in [-0.1, -0.05) is 29.8 Å². The maximum absolute atomic E-state index is 12.1. The van der Waals surface area contributed by atoms with Crippen LogP contribution in [0.4, 0.5) is 5.69 Å². The van der Waals surface area contributed by atoms with E-state index in [1.807, 2.05) is 31.2 Å². The molecule has 0 bridgehead atoms. The van der Waals surface area contributed by atoms with Crippen LogP contribution in [0.1, 0.15) is 11.1 Å². The van der Waals surface area contributed by atoms with E-state index in [1.54, 1.807) is 23.1 Å². The highest BCUT2D eigenvalue weighted by atomic mass is 16.5. The summed E-state index contributed by atoms with van der Waals surface area (Å²) in [5.74, 6) is 0.633. The summed E-state index contributed by atoms with van der Waals surface area (Å²) in [7, 11) is 0. The minimum Gasteiger partial charge on any atom is -0.508 e. The van der Waals surface area contributed by atoms with Gasteiger partial charge in [0, 0.05) is 6.07 Å². The fourth-order valence-electron chi connectivity index (χ4n) is 2.24. The molecule has 0 spiro atoms. The maximum Gasteiger partial charge on any atom is 0.265 e. The summed E-state index contributed by atoms with van der Waals surface area (Å²) in [5.41, 5.74) is 2.84. The van der Waals surface area contributed by atoms with Crippen LogP contribution in [0.3, 0.4) is 0 Å². The van der Waals surface area contributed by atoms with Crippen LogP contribution in [0.2, 0.25) is 0 Å². The van der Waals surface area contributed by atoms with Gasteiger partial charge >= 0.3 is 0 Å². The first-order chi connectivity index (χ1) is 9.63. The monoisotopic (exact) mass is 269 g/mol. The van der Waals surface area contributed by atoms with E-state index in [0.717, 1.165) is 5.56 Å². The van der Waals surface area contributed by atoms with Crippen LogP contribution < -0.4 is 9.64 Å². The number of amides is 1. The van der Waals surface area contributed by atoms with Gasteiger partial charge in [0.05, 0.1) is 12.2 Å². The molecule has 1 heterocycles. The van der Waals surface area contributed by atoms with E-state index in [9.17, 15) is 9.90 Å². The normalized spacial score (nSPS) is 13.8. The zero-order valence-corrected chi connectivity index (χ0v) is 11.2. The highest BCUT2D eigenvalue weighted by Crippen LogP contribution is 2.35. The van der Waals surface area contributed by atoms with E-state index < -0.39 is 0 Å². The van der Waals surface area contributed by atoms with Crippen molar-refractivity contribution in [3.8, 4) is 11.5 Å². The summed E-state index contributed by atoms with van der Waals surface area (Å²) < 4.78 is 5.38. The summed E-state index contributed by atoms with van der Waals surface area (Å²) in [5, 5.41) is 9.60. The summed E-state index contributed by atoms with van der Waals surface area (Å²) in [6.45, 7) is 2.53. The van der Waals surface area contributed by atoms with Gasteiger partial charge in [0.25, 0.3) is 5.91 Å². The second kappa shape index (κ2) is 4.89. The summed E-state index contributed by atoms with van der Waals surface area (Å²) in [6, 6.07) is 12.8. The number of ether oxygens (including phenoxy) is 1.